The van der Waals surface area contributed by atoms with Crippen LogP contribution in [0.15, 0.2) is 72.9 Å². The molecule has 9 heteroatoms. The molecule has 0 aromatic carbocycles. The lowest BCUT2D eigenvalue weighted by Crippen LogP contribution is -2.47. The van der Waals surface area contributed by atoms with Crippen LogP contribution in [0.3, 0.4) is 0 Å². The van der Waals surface area contributed by atoms with Crippen molar-refractivity contribution >= 4 is 23.8 Å². The van der Waals surface area contributed by atoms with E-state index in [4.69, 9.17) is 14.9 Å². The molecule has 0 aromatic rings. The third-order valence-electron chi connectivity index (χ3n) is 8.69. The van der Waals surface area contributed by atoms with Crippen molar-refractivity contribution in [3.05, 3.63) is 72.9 Å². The van der Waals surface area contributed by atoms with Crippen molar-refractivity contribution in [2.75, 3.05) is 13.2 Å². The Balaban J connectivity index is 4.46. The normalized spacial score (nSPS) is 13.2. The van der Waals surface area contributed by atoms with Crippen LogP contribution < -0.4 is 10.6 Å². The minimum atomic E-state index is -1.39. The van der Waals surface area contributed by atoms with E-state index in [1.54, 1.807) is 0 Å². The molecule has 0 spiro atoms. The van der Waals surface area contributed by atoms with Crippen LogP contribution in [0.4, 0.5) is 0 Å². The van der Waals surface area contributed by atoms with Gasteiger partial charge in [-0.3, -0.25) is 14.4 Å². The molecule has 4 N–H and O–H groups in total. The molecule has 0 radical (unpaired) electrons. The number of ether oxygens (including phenoxy) is 1. The van der Waals surface area contributed by atoms with E-state index in [-0.39, 0.29) is 30.9 Å². The minimum Gasteiger partial charge on any atom is -0.480 e. The maximum absolute atomic E-state index is 12.7. The number of amides is 2. The second-order valence-electron chi connectivity index (χ2n) is 13.7. The van der Waals surface area contributed by atoms with Gasteiger partial charge in [0.05, 0.1) is 13.2 Å². The number of carboxylic acid groups (broad SMARTS) is 1. The van der Waals surface area contributed by atoms with E-state index in [0.29, 0.717) is 12.8 Å². The molecule has 0 rings (SSSR count). The first-order valence-corrected chi connectivity index (χ1v) is 20.8. The molecule has 2 atom stereocenters. The monoisotopic (exact) mass is 755 g/mol. The minimum absolute atomic E-state index is 0.0813. The summed E-state index contributed by atoms with van der Waals surface area (Å²) in [5.74, 6) is -2.38. The maximum atomic E-state index is 12.7. The second kappa shape index (κ2) is 39.0. The van der Waals surface area contributed by atoms with Gasteiger partial charge in [0.25, 0.3) is 0 Å². The Morgan fingerprint density at radius 1 is 0.574 bits per heavy atom. The summed E-state index contributed by atoms with van der Waals surface area (Å²) in [6.45, 7) is 3.31. The smallest absolute Gasteiger partial charge is 0.328 e. The zero-order valence-electron chi connectivity index (χ0n) is 33.7. The van der Waals surface area contributed by atoms with Gasteiger partial charge in [0.1, 0.15) is 12.1 Å². The van der Waals surface area contributed by atoms with E-state index in [9.17, 15) is 19.2 Å². The fraction of sp³-hybridized carbons (Fsp3) is 0.644. The van der Waals surface area contributed by atoms with Crippen molar-refractivity contribution in [1.29, 1.82) is 0 Å². The van der Waals surface area contributed by atoms with Gasteiger partial charge in [-0.2, -0.15) is 0 Å². The Morgan fingerprint density at radius 3 is 1.65 bits per heavy atom. The van der Waals surface area contributed by atoms with Crippen molar-refractivity contribution in [1.82, 2.24) is 10.6 Å². The lowest BCUT2D eigenvalue weighted by molar-refractivity contribution is -0.150. The molecule has 0 aliphatic carbocycles. The standard InChI is InChI=1S/C45H74N2O7/c1-3-5-7-9-11-13-15-16-17-18-20-22-24-29-33-37-44(51)54-40(34-30-26-23-21-19-14-12-10-8-6-4-2)35-31-27-25-28-32-36-42(49)46-38-43(50)47-41(39-48)45(52)53/h5,7,11-14,16-17,20-23,40-41,48H,3-4,6,8-10,15,18-19,24-39H2,1-2H3,(H,46,49)(H,47,50)(H,52,53)/b7-5-,13-11-,14-12-,17-16-,22-20-,23-21-. The summed E-state index contributed by atoms with van der Waals surface area (Å²) in [5, 5.41) is 22.5. The van der Waals surface area contributed by atoms with Crippen LogP contribution >= 0.6 is 0 Å². The Labute approximate surface area is 327 Å². The summed E-state index contributed by atoms with van der Waals surface area (Å²) in [6, 6.07) is -1.39. The number of esters is 1. The van der Waals surface area contributed by atoms with Gasteiger partial charge in [-0.15, -0.1) is 0 Å². The van der Waals surface area contributed by atoms with Gasteiger partial charge in [-0.25, -0.2) is 4.79 Å². The summed E-state index contributed by atoms with van der Waals surface area (Å²) < 4.78 is 5.97. The first-order valence-electron chi connectivity index (χ1n) is 20.8. The zero-order chi connectivity index (χ0) is 39.7. The lowest BCUT2D eigenvalue weighted by Gasteiger charge is -2.18. The van der Waals surface area contributed by atoms with E-state index in [0.717, 1.165) is 109 Å². The van der Waals surface area contributed by atoms with E-state index < -0.39 is 24.5 Å². The summed E-state index contributed by atoms with van der Waals surface area (Å²) in [4.78, 5) is 47.5. The van der Waals surface area contributed by atoms with Crippen LogP contribution in [-0.2, 0) is 23.9 Å². The number of allylic oxidation sites excluding steroid dienone is 12. The maximum Gasteiger partial charge on any atom is 0.328 e. The third kappa shape index (κ3) is 35.3. The fourth-order valence-electron chi connectivity index (χ4n) is 5.50. The number of carboxylic acids is 1. The number of unbranched alkanes of at least 4 members (excludes halogenated alkanes) is 10. The number of nitrogens with one attached hydrogen (secondary N) is 2. The van der Waals surface area contributed by atoms with Crippen LogP contribution in [0.5, 0.6) is 0 Å². The predicted octanol–water partition coefficient (Wildman–Crippen LogP) is 9.93. The summed E-state index contributed by atoms with van der Waals surface area (Å²) in [5.41, 5.74) is 0. The molecule has 0 saturated heterocycles. The second-order valence-corrected chi connectivity index (χ2v) is 13.7. The highest BCUT2D eigenvalue weighted by Crippen LogP contribution is 2.17. The zero-order valence-corrected chi connectivity index (χ0v) is 33.7. The number of hydrogen-bond donors (Lipinski definition) is 4. The molecule has 0 heterocycles. The largest absolute Gasteiger partial charge is 0.480 e. The van der Waals surface area contributed by atoms with E-state index >= 15 is 0 Å². The number of rotatable bonds is 36. The average molecular weight is 755 g/mol. The fourth-order valence-corrected chi connectivity index (χ4v) is 5.50. The van der Waals surface area contributed by atoms with Crippen molar-refractivity contribution in [2.45, 2.75) is 174 Å². The lowest BCUT2D eigenvalue weighted by atomic mass is 10.0. The van der Waals surface area contributed by atoms with Crippen LogP contribution in [0.1, 0.15) is 162 Å². The molecule has 306 valence electrons. The van der Waals surface area contributed by atoms with Crippen molar-refractivity contribution in [3.63, 3.8) is 0 Å². The molecule has 0 aromatic heterocycles. The summed E-state index contributed by atoms with van der Waals surface area (Å²) >= 11 is 0. The Hall–Kier alpha value is -3.72. The first-order chi connectivity index (χ1) is 26.3. The number of aliphatic hydroxyl groups excluding tert-OH is 1. The van der Waals surface area contributed by atoms with E-state index in [2.05, 4.69) is 97.4 Å². The Morgan fingerprint density at radius 2 is 1.07 bits per heavy atom. The van der Waals surface area contributed by atoms with Crippen LogP contribution in [0, 0.1) is 0 Å². The Kier molecular flexibility index (Phi) is 36.3. The third-order valence-corrected chi connectivity index (χ3v) is 8.69. The van der Waals surface area contributed by atoms with Gasteiger partial charge in [-0.1, -0.05) is 119 Å². The highest BCUT2D eigenvalue weighted by atomic mass is 16.5. The molecule has 54 heavy (non-hydrogen) atoms. The van der Waals surface area contributed by atoms with Crippen LogP contribution in [0.2, 0.25) is 0 Å². The van der Waals surface area contributed by atoms with Crippen LogP contribution in [-0.4, -0.2) is 59.3 Å². The highest BCUT2D eigenvalue weighted by molar-refractivity contribution is 5.87. The van der Waals surface area contributed by atoms with Gasteiger partial charge in [0, 0.05) is 12.8 Å². The van der Waals surface area contributed by atoms with Crippen LogP contribution in [0.25, 0.3) is 0 Å². The molecule has 0 bridgehead atoms. The SMILES string of the molecule is CC/C=C\C/C=C\C/C=C\C/C=C\CCCCC(=O)OC(CCC/C=C\C/C=C\CCCCC)CCCCCCCC(=O)NCC(=O)NC(CO)C(=O)O. The molecular weight excluding hydrogens is 681 g/mol. The summed E-state index contributed by atoms with van der Waals surface area (Å²) in [7, 11) is 0. The van der Waals surface area contributed by atoms with Crippen molar-refractivity contribution in [2.24, 2.45) is 0 Å². The summed E-state index contributed by atoms with van der Waals surface area (Å²) in [6.07, 6.45) is 47.8. The number of aliphatic hydroxyl groups is 1. The molecule has 2 unspecified atom stereocenters. The highest BCUT2D eigenvalue weighted by Gasteiger charge is 2.19. The number of hydrogen-bond acceptors (Lipinski definition) is 6. The quantitative estimate of drug-likeness (QED) is 0.0283. The molecule has 0 aliphatic rings. The van der Waals surface area contributed by atoms with Gasteiger partial charge in [-0.05, 0) is 103 Å². The van der Waals surface area contributed by atoms with Gasteiger partial charge < -0.3 is 25.6 Å². The molecule has 0 saturated carbocycles. The van der Waals surface area contributed by atoms with Gasteiger partial charge in [0.2, 0.25) is 11.8 Å². The van der Waals surface area contributed by atoms with Crippen molar-refractivity contribution < 1.29 is 34.1 Å². The molecular formula is C45H74N2O7. The molecule has 0 aliphatic heterocycles. The van der Waals surface area contributed by atoms with Gasteiger partial charge >= 0.3 is 11.9 Å². The van der Waals surface area contributed by atoms with E-state index in [1.165, 1.54) is 19.3 Å². The van der Waals surface area contributed by atoms with Gasteiger partial charge in [0.15, 0.2) is 0 Å². The number of aliphatic carboxylic acids is 1. The van der Waals surface area contributed by atoms with E-state index in [1.807, 2.05) is 0 Å². The predicted molar refractivity (Wildman–Crippen MR) is 222 cm³/mol. The average Bonchev–Trinajstić information content (AvgIpc) is 3.15. The number of carbonyl (C=O) groups is 4. The molecule has 0 fully saturated rings. The molecule has 9 nitrogen and oxygen atoms in total. The molecule has 2 amide bonds. The van der Waals surface area contributed by atoms with Crippen molar-refractivity contribution in [3.8, 4) is 0 Å². The Bertz CT molecular complexity index is 1140. The topological polar surface area (TPSA) is 142 Å². The first kappa shape index (κ1) is 50.3. The number of carbonyl (C=O) groups excluding carboxylic acids is 3.